The van der Waals surface area contributed by atoms with Gasteiger partial charge in [-0.2, -0.15) is 0 Å². The average molecular weight is 303 g/mol. The fourth-order valence-electron chi connectivity index (χ4n) is 2.53. The molecule has 0 spiro atoms. The zero-order valence-electron chi connectivity index (χ0n) is 11.4. The Balaban J connectivity index is 2.03. The van der Waals surface area contributed by atoms with Gasteiger partial charge in [0.05, 0.1) is 18.9 Å². The largest absolute Gasteiger partial charge is 0.465 e. The summed E-state index contributed by atoms with van der Waals surface area (Å²) < 4.78 is 8.53. The molecule has 7 heteroatoms. The van der Waals surface area contributed by atoms with Crippen molar-refractivity contribution in [1.29, 1.82) is 0 Å². The third-order valence-corrected chi connectivity index (χ3v) is 4.13. The molecule has 1 aromatic carbocycles. The highest BCUT2D eigenvalue weighted by Gasteiger charge is 2.27. The van der Waals surface area contributed by atoms with E-state index in [1.165, 1.54) is 13.3 Å². The Labute approximate surface area is 125 Å². The van der Waals surface area contributed by atoms with Gasteiger partial charge in [-0.25, -0.2) is 4.79 Å². The second kappa shape index (κ2) is 5.61. The molecule has 0 unspecified atom stereocenters. The Bertz CT molecular complexity index is 685. The van der Waals surface area contributed by atoms with Crippen LogP contribution < -0.4 is 4.90 Å². The zero-order valence-corrected chi connectivity index (χ0v) is 12.2. The summed E-state index contributed by atoms with van der Waals surface area (Å²) in [6, 6.07) is 5.35. The van der Waals surface area contributed by atoms with E-state index in [0.717, 1.165) is 35.6 Å². The molecule has 1 amide bonds. The third-order valence-electron chi connectivity index (χ3n) is 3.47. The van der Waals surface area contributed by atoms with Crippen molar-refractivity contribution in [3.63, 3.8) is 0 Å². The summed E-state index contributed by atoms with van der Waals surface area (Å²) in [5, 5.41) is 3.70. The molecule has 1 aliphatic rings. The predicted molar refractivity (Wildman–Crippen MR) is 77.7 cm³/mol. The summed E-state index contributed by atoms with van der Waals surface area (Å²) in [7, 11) is 1.36. The van der Waals surface area contributed by atoms with Crippen LogP contribution in [0.4, 0.5) is 5.69 Å². The number of carbonyl (C=O) groups is 2. The van der Waals surface area contributed by atoms with Gasteiger partial charge in [0, 0.05) is 12.2 Å². The van der Waals surface area contributed by atoms with Crippen molar-refractivity contribution in [2.75, 3.05) is 18.6 Å². The number of nitrogens with zero attached hydrogens (tertiary/aromatic N) is 3. The van der Waals surface area contributed by atoms with Crippen LogP contribution in [-0.4, -0.2) is 35.1 Å². The number of ether oxygens (including phenoxy) is 1. The van der Waals surface area contributed by atoms with Crippen molar-refractivity contribution in [3.8, 4) is 0 Å². The summed E-state index contributed by atoms with van der Waals surface area (Å²) in [6.07, 6.45) is 3.02. The lowest BCUT2D eigenvalue weighted by Crippen LogP contribution is -2.35. The predicted octanol–water partition coefficient (Wildman–Crippen LogP) is 1.92. The van der Waals surface area contributed by atoms with Crippen molar-refractivity contribution < 1.29 is 14.3 Å². The van der Waals surface area contributed by atoms with Crippen LogP contribution >= 0.6 is 11.5 Å². The second-order valence-electron chi connectivity index (χ2n) is 4.64. The van der Waals surface area contributed by atoms with Crippen LogP contribution in [0.25, 0.3) is 0 Å². The molecule has 2 heterocycles. The highest BCUT2D eigenvalue weighted by atomic mass is 32.1. The molecule has 0 saturated heterocycles. The zero-order chi connectivity index (χ0) is 14.8. The third kappa shape index (κ3) is 2.40. The summed E-state index contributed by atoms with van der Waals surface area (Å²) in [6.45, 7) is 0.619. The fraction of sp³-hybridized carbons (Fsp3) is 0.286. The smallest absolute Gasteiger partial charge is 0.338 e. The maximum absolute atomic E-state index is 12.5. The monoisotopic (exact) mass is 303 g/mol. The first kappa shape index (κ1) is 13.7. The molecule has 1 aromatic heterocycles. The van der Waals surface area contributed by atoms with Crippen LogP contribution in [0.3, 0.4) is 0 Å². The maximum Gasteiger partial charge on any atom is 0.338 e. The molecule has 0 fully saturated rings. The quantitative estimate of drug-likeness (QED) is 0.793. The number of hydrogen-bond donors (Lipinski definition) is 0. The van der Waals surface area contributed by atoms with Gasteiger partial charge in [-0.05, 0) is 42.1 Å². The van der Waals surface area contributed by atoms with E-state index < -0.39 is 0 Å². The summed E-state index contributed by atoms with van der Waals surface area (Å²) in [5.74, 6) is -0.506. The molecule has 108 valence electrons. The van der Waals surface area contributed by atoms with E-state index >= 15 is 0 Å². The van der Waals surface area contributed by atoms with E-state index in [2.05, 4.69) is 9.59 Å². The molecule has 0 bridgehead atoms. The van der Waals surface area contributed by atoms with Gasteiger partial charge in [-0.3, -0.25) is 4.79 Å². The van der Waals surface area contributed by atoms with Crippen molar-refractivity contribution >= 4 is 29.1 Å². The van der Waals surface area contributed by atoms with Gasteiger partial charge in [0.2, 0.25) is 0 Å². The number of esters is 1. The van der Waals surface area contributed by atoms with Gasteiger partial charge >= 0.3 is 5.97 Å². The molecule has 1 aliphatic heterocycles. The molecule has 0 atom stereocenters. The fourth-order valence-corrected chi connectivity index (χ4v) is 3.00. The van der Waals surface area contributed by atoms with Gasteiger partial charge in [0.15, 0.2) is 0 Å². The van der Waals surface area contributed by atoms with E-state index in [4.69, 9.17) is 4.74 Å². The number of amides is 1. The van der Waals surface area contributed by atoms with Crippen LogP contribution in [0.2, 0.25) is 0 Å². The summed E-state index contributed by atoms with van der Waals surface area (Å²) in [5.41, 5.74) is 2.15. The Hall–Kier alpha value is -2.28. The molecule has 3 rings (SSSR count). The summed E-state index contributed by atoms with van der Waals surface area (Å²) >= 11 is 1.07. The number of hydrogen-bond acceptors (Lipinski definition) is 6. The molecule has 0 radical (unpaired) electrons. The standard InChI is InChI=1S/C14H13N3O3S/c1-20-14(19)10-4-2-6-11-9(10)5-3-7-17(11)13(18)12-8-15-16-21-12/h2,4,6,8H,3,5,7H2,1H3. The van der Waals surface area contributed by atoms with Crippen LogP contribution in [0.15, 0.2) is 24.4 Å². The number of rotatable bonds is 2. The highest BCUT2D eigenvalue weighted by Crippen LogP contribution is 2.31. The van der Waals surface area contributed by atoms with Crippen molar-refractivity contribution in [2.24, 2.45) is 0 Å². The minimum atomic E-state index is -0.374. The topological polar surface area (TPSA) is 72.4 Å². The molecule has 2 aromatic rings. The number of aromatic nitrogens is 2. The Morgan fingerprint density at radius 2 is 2.24 bits per heavy atom. The van der Waals surface area contributed by atoms with Crippen molar-refractivity contribution in [2.45, 2.75) is 12.8 Å². The van der Waals surface area contributed by atoms with E-state index in [1.54, 1.807) is 17.0 Å². The number of carbonyl (C=O) groups excluding carboxylic acids is 2. The maximum atomic E-state index is 12.5. The first-order valence-corrected chi connectivity index (χ1v) is 7.29. The minimum Gasteiger partial charge on any atom is -0.465 e. The number of anilines is 1. The average Bonchev–Trinajstić information content (AvgIpc) is 3.06. The summed E-state index contributed by atoms with van der Waals surface area (Å²) in [4.78, 5) is 26.5. The van der Waals surface area contributed by atoms with E-state index in [-0.39, 0.29) is 11.9 Å². The molecule has 6 nitrogen and oxygen atoms in total. The van der Waals surface area contributed by atoms with E-state index in [9.17, 15) is 9.59 Å². The molecule has 0 saturated carbocycles. The first-order valence-electron chi connectivity index (χ1n) is 6.52. The minimum absolute atomic E-state index is 0.132. The lowest BCUT2D eigenvalue weighted by Gasteiger charge is -2.30. The van der Waals surface area contributed by atoms with Crippen LogP contribution in [0, 0.1) is 0 Å². The van der Waals surface area contributed by atoms with Crippen molar-refractivity contribution in [3.05, 3.63) is 40.4 Å². The highest BCUT2D eigenvalue weighted by molar-refractivity contribution is 7.07. The van der Waals surface area contributed by atoms with E-state index in [1.807, 2.05) is 6.07 Å². The Kier molecular flexibility index (Phi) is 3.66. The van der Waals surface area contributed by atoms with E-state index in [0.29, 0.717) is 17.0 Å². The second-order valence-corrected chi connectivity index (χ2v) is 5.42. The molecular weight excluding hydrogens is 290 g/mol. The number of benzene rings is 1. The van der Waals surface area contributed by atoms with Gasteiger partial charge < -0.3 is 9.64 Å². The molecular formula is C14H13N3O3S. The first-order chi connectivity index (χ1) is 10.2. The Morgan fingerprint density at radius 1 is 1.38 bits per heavy atom. The van der Waals surface area contributed by atoms with Crippen LogP contribution in [0.5, 0.6) is 0 Å². The number of fused-ring (bicyclic) bond motifs is 1. The lowest BCUT2D eigenvalue weighted by atomic mass is 9.96. The van der Waals surface area contributed by atoms with Gasteiger partial charge in [-0.1, -0.05) is 10.6 Å². The Morgan fingerprint density at radius 3 is 2.95 bits per heavy atom. The van der Waals surface area contributed by atoms with Gasteiger partial charge in [0.25, 0.3) is 5.91 Å². The molecule has 0 aliphatic carbocycles. The SMILES string of the molecule is COC(=O)c1cccc2c1CCCN2C(=O)c1cnns1. The lowest BCUT2D eigenvalue weighted by molar-refractivity contribution is 0.0599. The van der Waals surface area contributed by atoms with Crippen molar-refractivity contribution in [1.82, 2.24) is 9.59 Å². The van der Waals surface area contributed by atoms with Crippen LogP contribution in [0.1, 0.15) is 32.0 Å². The normalized spacial score (nSPS) is 13.7. The van der Waals surface area contributed by atoms with Crippen LogP contribution in [-0.2, 0) is 11.2 Å². The van der Waals surface area contributed by atoms with Gasteiger partial charge in [-0.15, -0.1) is 5.10 Å². The number of methoxy groups -OCH3 is 1. The molecule has 21 heavy (non-hydrogen) atoms. The van der Waals surface area contributed by atoms with Gasteiger partial charge in [0.1, 0.15) is 4.88 Å². The molecule has 0 N–H and O–H groups in total.